The zero-order chi connectivity index (χ0) is 15.3. The Hall–Kier alpha value is -1.88. The number of benzene rings is 1. The Morgan fingerprint density at radius 3 is 2.62 bits per heavy atom. The molecule has 0 amide bonds. The lowest BCUT2D eigenvalue weighted by Crippen LogP contribution is -2.24. The maximum Gasteiger partial charge on any atom is 0.321 e. The van der Waals surface area contributed by atoms with Gasteiger partial charge in [0, 0.05) is 25.8 Å². The summed E-state index contributed by atoms with van der Waals surface area (Å²) in [4.78, 5) is 4.37. The Morgan fingerprint density at radius 2 is 1.95 bits per heavy atom. The van der Waals surface area contributed by atoms with E-state index in [1.165, 1.54) is 5.56 Å². The molecule has 1 aromatic heterocycles. The second-order valence-corrected chi connectivity index (χ2v) is 6.05. The molecule has 0 bridgehead atoms. The fourth-order valence-electron chi connectivity index (χ4n) is 1.90. The number of nitrogens with one attached hydrogen (secondary N) is 1. The molecule has 0 saturated carbocycles. The van der Waals surface area contributed by atoms with Gasteiger partial charge in [0.15, 0.2) is 0 Å². The van der Waals surface area contributed by atoms with Crippen LogP contribution in [0.15, 0.2) is 28.8 Å². The first-order valence-corrected chi connectivity index (χ1v) is 7.14. The summed E-state index contributed by atoms with van der Waals surface area (Å²) < 4.78 is 10.4. The predicted octanol–water partition coefficient (Wildman–Crippen LogP) is 3.52. The molecule has 0 unspecified atom stereocenters. The largest absolute Gasteiger partial charge is 0.385 e. The second kappa shape index (κ2) is 6.72. The first-order valence-electron chi connectivity index (χ1n) is 7.14. The van der Waals surface area contributed by atoms with E-state index in [9.17, 15) is 0 Å². The minimum Gasteiger partial charge on any atom is -0.385 e. The van der Waals surface area contributed by atoms with Crippen LogP contribution in [0, 0.1) is 12.3 Å². The second-order valence-electron chi connectivity index (χ2n) is 6.05. The quantitative estimate of drug-likeness (QED) is 0.845. The SMILES string of the molecule is COCCC(C)(C)CNc1nc(-c2ccc(C)cc2)no1. The van der Waals surface area contributed by atoms with Crippen molar-refractivity contribution in [1.29, 1.82) is 0 Å². The molecule has 114 valence electrons. The van der Waals surface area contributed by atoms with Gasteiger partial charge in [-0.1, -0.05) is 48.8 Å². The summed E-state index contributed by atoms with van der Waals surface area (Å²) in [6.07, 6.45) is 0.968. The molecule has 0 radical (unpaired) electrons. The molecule has 21 heavy (non-hydrogen) atoms. The zero-order valence-electron chi connectivity index (χ0n) is 13.1. The van der Waals surface area contributed by atoms with Crippen LogP contribution in [0.4, 0.5) is 6.01 Å². The van der Waals surface area contributed by atoms with E-state index in [0.717, 1.165) is 25.1 Å². The van der Waals surface area contributed by atoms with E-state index < -0.39 is 0 Å². The summed E-state index contributed by atoms with van der Waals surface area (Å²) >= 11 is 0. The molecule has 0 aliphatic carbocycles. The van der Waals surface area contributed by atoms with Gasteiger partial charge >= 0.3 is 6.01 Å². The summed E-state index contributed by atoms with van der Waals surface area (Å²) in [5, 5.41) is 7.21. The van der Waals surface area contributed by atoms with Gasteiger partial charge in [-0.05, 0) is 18.8 Å². The number of ether oxygens (including phenoxy) is 1. The van der Waals surface area contributed by atoms with Gasteiger partial charge in [-0.2, -0.15) is 4.98 Å². The number of methoxy groups -OCH3 is 1. The lowest BCUT2D eigenvalue weighted by atomic mass is 9.90. The molecule has 0 saturated heterocycles. The average Bonchev–Trinajstić information content (AvgIpc) is 2.93. The number of anilines is 1. The van der Waals surface area contributed by atoms with Crippen LogP contribution >= 0.6 is 0 Å². The zero-order valence-corrected chi connectivity index (χ0v) is 13.1. The van der Waals surface area contributed by atoms with E-state index >= 15 is 0 Å². The van der Waals surface area contributed by atoms with Crippen LogP contribution < -0.4 is 5.32 Å². The van der Waals surface area contributed by atoms with Gasteiger partial charge in [-0.15, -0.1) is 0 Å². The van der Waals surface area contributed by atoms with E-state index in [0.29, 0.717) is 11.8 Å². The van der Waals surface area contributed by atoms with E-state index in [2.05, 4.69) is 36.2 Å². The van der Waals surface area contributed by atoms with Crippen molar-refractivity contribution >= 4 is 6.01 Å². The van der Waals surface area contributed by atoms with Gasteiger partial charge in [-0.25, -0.2) is 0 Å². The Bertz CT molecular complexity index is 561. The van der Waals surface area contributed by atoms with Gasteiger partial charge in [0.05, 0.1) is 0 Å². The van der Waals surface area contributed by atoms with Crippen LogP contribution in [0.25, 0.3) is 11.4 Å². The summed E-state index contributed by atoms with van der Waals surface area (Å²) in [7, 11) is 1.72. The normalized spacial score (nSPS) is 11.6. The van der Waals surface area contributed by atoms with Crippen molar-refractivity contribution in [1.82, 2.24) is 10.1 Å². The van der Waals surface area contributed by atoms with Gasteiger partial charge in [0.25, 0.3) is 0 Å². The lowest BCUT2D eigenvalue weighted by Gasteiger charge is -2.23. The molecule has 1 heterocycles. The molecular formula is C16H23N3O2. The standard InChI is InChI=1S/C16H23N3O2/c1-12-5-7-13(8-6-12)14-18-15(21-19-14)17-11-16(2,3)9-10-20-4/h5-8H,9-11H2,1-4H3,(H,17,18,19). The number of nitrogens with zero attached hydrogens (tertiary/aromatic N) is 2. The highest BCUT2D eigenvalue weighted by molar-refractivity contribution is 5.55. The topological polar surface area (TPSA) is 60.2 Å². The molecule has 0 spiro atoms. The number of hydrogen-bond acceptors (Lipinski definition) is 5. The first kappa shape index (κ1) is 15.5. The lowest BCUT2D eigenvalue weighted by molar-refractivity contribution is 0.156. The Kier molecular flexibility index (Phi) is 4.96. The van der Waals surface area contributed by atoms with Crippen molar-refractivity contribution in [3.05, 3.63) is 29.8 Å². The van der Waals surface area contributed by atoms with Crippen LogP contribution in [0.3, 0.4) is 0 Å². The third-order valence-corrected chi connectivity index (χ3v) is 3.44. The van der Waals surface area contributed by atoms with Crippen LogP contribution in [0.1, 0.15) is 25.8 Å². The Labute approximate surface area is 125 Å². The summed E-state index contributed by atoms with van der Waals surface area (Å²) in [5.41, 5.74) is 2.27. The average molecular weight is 289 g/mol. The Morgan fingerprint density at radius 1 is 1.24 bits per heavy atom. The number of hydrogen-bond donors (Lipinski definition) is 1. The fourth-order valence-corrected chi connectivity index (χ4v) is 1.90. The minimum absolute atomic E-state index is 0.106. The molecule has 0 aliphatic heterocycles. The van der Waals surface area contributed by atoms with Gasteiger partial charge in [0.1, 0.15) is 0 Å². The maximum absolute atomic E-state index is 5.25. The molecular weight excluding hydrogens is 266 g/mol. The maximum atomic E-state index is 5.25. The third kappa shape index (κ3) is 4.56. The van der Waals surface area contributed by atoms with Crippen molar-refractivity contribution in [2.75, 3.05) is 25.6 Å². The number of aryl methyl sites for hydroxylation is 1. The molecule has 1 aromatic carbocycles. The van der Waals surface area contributed by atoms with Crippen molar-refractivity contribution < 1.29 is 9.26 Å². The highest BCUT2D eigenvalue weighted by Gasteiger charge is 2.18. The Balaban J connectivity index is 1.95. The molecule has 2 rings (SSSR count). The van der Waals surface area contributed by atoms with Crippen LogP contribution in [-0.2, 0) is 4.74 Å². The molecule has 1 N–H and O–H groups in total. The van der Waals surface area contributed by atoms with Gasteiger partial charge in [-0.3, -0.25) is 0 Å². The van der Waals surface area contributed by atoms with E-state index in [1.54, 1.807) is 7.11 Å². The van der Waals surface area contributed by atoms with Crippen LogP contribution in [-0.4, -0.2) is 30.4 Å². The summed E-state index contributed by atoms with van der Waals surface area (Å²) in [6, 6.07) is 8.51. The summed E-state index contributed by atoms with van der Waals surface area (Å²) in [6.45, 7) is 7.90. The first-order chi connectivity index (χ1) is 10.00. The van der Waals surface area contributed by atoms with Crippen molar-refractivity contribution in [2.24, 2.45) is 5.41 Å². The minimum atomic E-state index is 0.106. The van der Waals surface area contributed by atoms with Gasteiger partial charge in [0.2, 0.25) is 5.82 Å². The van der Waals surface area contributed by atoms with Gasteiger partial charge < -0.3 is 14.6 Å². The fraction of sp³-hybridized carbons (Fsp3) is 0.500. The molecule has 2 aromatic rings. The van der Waals surface area contributed by atoms with Crippen LogP contribution in [0.2, 0.25) is 0 Å². The number of rotatable bonds is 7. The van der Waals surface area contributed by atoms with Crippen molar-refractivity contribution in [2.45, 2.75) is 27.2 Å². The molecule has 5 heteroatoms. The van der Waals surface area contributed by atoms with E-state index in [1.807, 2.05) is 24.3 Å². The van der Waals surface area contributed by atoms with E-state index in [4.69, 9.17) is 9.26 Å². The highest BCUT2D eigenvalue weighted by Crippen LogP contribution is 2.22. The molecule has 0 atom stereocenters. The van der Waals surface area contributed by atoms with E-state index in [-0.39, 0.29) is 5.41 Å². The third-order valence-electron chi connectivity index (χ3n) is 3.44. The molecule has 0 fully saturated rings. The van der Waals surface area contributed by atoms with Crippen molar-refractivity contribution in [3.63, 3.8) is 0 Å². The predicted molar refractivity (Wildman–Crippen MR) is 83.2 cm³/mol. The van der Waals surface area contributed by atoms with Crippen LogP contribution in [0.5, 0.6) is 0 Å². The smallest absolute Gasteiger partial charge is 0.321 e. The highest BCUT2D eigenvalue weighted by atomic mass is 16.5. The number of aromatic nitrogens is 2. The van der Waals surface area contributed by atoms with Crippen molar-refractivity contribution in [3.8, 4) is 11.4 Å². The molecule has 0 aliphatic rings. The summed E-state index contributed by atoms with van der Waals surface area (Å²) in [5.74, 6) is 0.604. The monoisotopic (exact) mass is 289 g/mol. The molecule has 5 nitrogen and oxygen atoms in total.